The minimum Gasteiger partial charge on any atom is -0.370 e. The van der Waals surface area contributed by atoms with E-state index in [1.54, 1.807) is 13.3 Å². The van der Waals surface area contributed by atoms with Gasteiger partial charge in [0.1, 0.15) is 0 Å². The smallest absolute Gasteiger partial charge is 0.239 e. The number of hydrogen-bond acceptors (Lipinski definition) is 5. The summed E-state index contributed by atoms with van der Waals surface area (Å²) in [6.45, 7) is 5.37. The molecule has 244 valence electrons. The molecular formula is C35H47N9O2. The van der Waals surface area contributed by atoms with Gasteiger partial charge in [0.25, 0.3) is 0 Å². The Balaban J connectivity index is 1.42. The van der Waals surface area contributed by atoms with Crippen molar-refractivity contribution in [1.82, 2.24) is 30.1 Å². The predicted molar refractivity (Wildman–Crippen MR) is 182 cm³/mol. The molecule has 2 amide bonds. The lowest BCUT2D eigenvalue weighted by Gasteiger charge is -2.41. The highest BCUT2D eigenvalue weighted by molar-refractivity contribution is 5.84. The van der Waals surface area contributed by atoms with Crippen LogP contribution in [0.5, 0.6) is 0 Å². The molecule has 2 aromatic heterocycles. The van der Waals surface area contributed by atoms with E-state index in [1.165, 1.54) is 10.9 Å². The van der Waals surface area contributed by atoms with Crippen molar-refractivity contribution in [2.75, 3.05) is 19.6 Å². The molecule has 0 bridgehead atoms. The van der Waals surface area contributed by atoms with Gasteiger partial charge < -0.3 is 36.6 Å². The highest BCUT2D eigenvalue weighted by Crippen LogP contribution is 2.24. The van der Waals surface area contributed by atoms with Crippen molar-refractivity contribution in [3.63, 3.8) is 0 Å². The summed E-state index contributed by atoms with van der Waals surface area (Å²) in [5, 5.41) is 4.94. The lowest BCUT2D eigenvalue weighted by molar-refractivity contribution is -0.134. The molecule has 11 heteroatoms. The third kappa shape index (κ3) is 8.33. The van der Waals surface area contributed by atoms with Crippen LogP contribution in [0.15, 0.2) is 78.3 Å². The van der Waals surface area contributed by atoms with Gasteiger partial charge in [0.15, 0.2) is 5.96 Å². The Labute approximate surface area is 270 Å². The fourth-order valence-electron chi connectivity index (χ4n) is 6.84. The van der Waals surface area contributed by atoms with E-state index < -0.39 is 6.04 Å². The van der Waals surface area contributed by atoms with E-state index in [0.29, 0.717) is 51.7 Å². The highest BCUT2D eigenvalue weighted by atomic mass is 16.2. The standard InChI is InChI=1S/C35H47N9O2/c1-24(19-28-22-38-23-41-28)44(25(2)45)33(20-26-9-4-3-5-10-26)31-15-18-43(34(46)32(42-31)13-8-16-39-35(36)37)17-14-27-21-40-30-12-7-6-11-29(27)30/h3-7,9-12,21-24,31-33,40,42H,8,13-20H2,1-2H3,(H,38,41)(H4,36,37,39)/t24-,31-,32-,33-/m0/s1. The Morgan fingerprint density at radius 1 is 1.11 bits per heavy atom. The predicted octanol–water partition coefficient (Wildman–Crippen LogP) is 3.14. The van der Waals surface area contributed by atoms with E-state index in [9.17, 15) is 9.59 Å². The second kappa shape index (κ2) is 15.6. The highest BCUT2D eigenvalue weighted by Gasteiger charge is 2.38. The fraction of sp³-hybridized carbons (Fsp3) is 0.429. The number of fused-ring (bicyclic) bond motifs is 1. The number of carbonyl (C=O) groups excluding carboxylic acids is 2. The van der Waals surface area contributed by atoms with Crippen LogP contribution in [0.4, 0.5) is 0 Å². The van der Waals surface area contributed by atoms with Gasteiger partial charge in [-0.05, 0) is 56.2 Å². The van der Waals surface area contributed by atoms with Crippen molar-refractivity contribution in [2.24, 2.45) is 16.5 Å². The molecule has 46 heavy (non-hydrogen) atoms. The number of rotatable bonds is 14. The van der Waals surface area contributed by atoms with Gasteiger partial charge >= 0.3 is 0 Å². The number of nitrogens with zero attached hydrogens (tertiary/aromatic N) is 4. The number of amides is 2. The number of nitrogens with one attached hydrogen (secondary N) is 3. The number of hydrogen-bond donors (Lipinski definition) is 5. The van der Waals surface area contributed by atoms with Crippen LogP contribution in [0.2, 0.25) is 0 Å². The molecule has 5 rings (SSSR count). The maximum atomic E-state index is 14.2. The molecule has 0 unspecified atom stereocenters. The second-order valence-electron chi connectivity index (χ2n) is 12.3. The van der Waals surface area contributed by atoms with E-state index in [4.69, 9.17) is 11.5 Å². The van der Waals surface area contributed by atoms with E-state index in [0.717, 1.165) is 23.2 Å². The van der Waals surface area contributed by atoms with Crippen LogP contribution in [-0.4, -0.2) is 86.3 Å². The van der Waals surface area contributed by atoms with Gasteiger partial charge in [-0.2, -0.15) is 0 Å². The molecule has 1 saturated heterocycles. The lowest BCUT2D eigenvalue weighted by Crippen LogP contribution is -2.58. The minimum atomic E-state index is -0.431. The number of carbonyl (C=O) groups is 2. The first-order chi connectivity index (χ1) is 22.3. The molecule has 11 nitrogen and oxygen atoms in total. The van der Waals surface area contributed by atoms with Crippen LogP contribution in [0, 0.1) is 0 Å². The number of aromatic amines is 2. The summed E-state index contributed by atoms with van der Waals surface area (Å²) in [6, 6.07) is 17.7. The van der Waals surface area contributed by atoms with Gasteiger partial charge in [-0.25, -0.2) is 4.98 Å². The second-order valence-corrected chi connectivity index (χ2v) is 12.3. The Bertz CT molecular complexity index is 1580. The van der Waals surface area contributed by atoms with Crippen LogP contribution in [0.3, 0.4) is 0 Å². The first kappa shape index (κ1) is 32.7. The average Bonchev–Trinajstić information content (AvgIpc) is 3.68. The zero-order valence-electron chi connectivity index (χ0n) is 26.9. The van der Waals surface area contributed by atoms with E-state index in [2.05, 4.69) is 56.5 Å². The zero-order chi connectivity index (χ0) is 32.5. The maximum absolute atomic E-state index is 14.2. The number of guanidine groups is 1. The molecule has 7 N–H and O–H groups in total. The number of H-pyrrole nitrogens is 2. The molecule has 3 heterocycles. The largest absolute Gasteiger partial charge is 0.370 e. The molecule has 0 spiro atoms. The molecule has 0 aliphatic carbocycles. The van der Waals surface area contributed by atoms with Crippen molar-refractivity contribution in [3.05, 3.63) is 90.1 Å². The van der Waals surface area contributed by atoms with Crippen LogP contribution in [-0.2, 0) is 28.9 Å². The SMILES string of the molecule is CC(=O)N([C@@H](C)Cc1cnc[nH]1)[C@@H](Cc1ccccc1)[C@@H]1CCN(CCc2c[nH]c3ccccc23)C(=O)[C@H](CCCN=C(N)N)N1. The van der Waals surface area contributed by atoms with E-state index in [-0.39, 0.29) is 35.9 Å². The number of para-hydroxylation sites is 1. The maximum Gasteiger partial charge on any atom is 0.239 e. The van der Waals surface area contributed by atoms with Crippen LogP contribution in [0.1, 0.15) is 49.9 Å². The van der Waals surface area contributed by atoms with Gasteiger partial charge in [0.05, 0.1) is 18.4 Å². The molecule has 4 atom stereocenters. The quantitative estimate of drug-likeness (QED) is 0.0822. The van der Waals surface area contributed by atoms with Crippen LogP contribution >= 0.6 is 0 Å². The average molecular weight is 626 g/mol. The van der Waals surface area contributed by atoms with Crippen molar-refractivity contribution >= 4 is 28.7 Å². The Morgan fingerprint density at radius 2 is 1.89 bits per heavy atom. The van der Waals surface area contributed by atoms with Crippen molar-refractivity contribution in [3.8, 4) is 0 Å². The fourth-order valence-corrected chi connectivity index (χ4v) is 6.84. The van der Waals surface area contributed by atoms with Crippen LogP contribution in [0.25, 0.3) is 10.9 Å². The first-order valence-corrected chi connectivity index (χ1v) is 16.3. The summed E-state index contributed by atoms with van der Waals surface area (Å²) in [4.78, 5) is 46.5. The van der Waals surface area contributed by atoms with Gasteiger partial charge in [0.2, 0.25) is 11.8 Å². The number of imidazole rings is 1. The number of benzene rings is 2. The van der Waals surface area contributed by atoms with E-state index >= 15 is 0 Å². The summed E-state index contributed by atoms with van der Waals surface area (Å²) in [7, 11) is 0. The van der Waals surface area contributed by atoms with Gasteiger partial charge in [-0.15, -0.1) is 0 Å². The Kier molecular flexibility index (Phi) is 11.1. The number of aliphatic imine (C=N–C) groups is 1. The first-order valence-electron chi connectivity index (χ1n) is 16.3. The summed E-state index contributed by atoms with van der Waals surface area (Å²) in [6.07, 6.45) is 9.52. The van der Waals surface area contributed by atoms with E-state index in [1.807, 2.05) is 52.5 Å². The zero-order valence-corrected chi connectivity index (χ0v) is 26.9. The Hall–Kier alpha value is -4.64. The van der Waals surface area contributed by atoms with Gasteiger partial charge in [-0.1, -0.05) is 48.5 Å². The number of aromatic nitrogens is 3. The number of nitrogens with two attached hydrogens (primary N) is 2. The molecule has 1 fully saturated rings. The molecule has 4 aromatic rings. The van der Waals surface area contributed by atoms with Crippen molar-refractivity contribution in [2.45, 2.75) is 76.5 Å². The molecule has 0 saturated carbocycles. The third-order valence-electron chi connectivity index (χ3n) is 9.02. The normalized spacial score (nSPS) is 18.2. The third-order valence-corrected chi connectivity index (χ3v) is 9.02. The van der Waals surface area contributed by atoms with Crippen molar-refractivity contribution < 1.29 is 9.59 Å². The molecule has 0 radical (unpaired) electrons. The minimum absolute atomic E-state index is 0.00539. The summed E-state index contributed by atoms with van der Waals surface area (Å²) >= 11 is 0. The lowest BCUT2D eigenvalue weighted by atomic mass is 9.92. The monoisotopic (exact) mass is 625 g/mol. The summed E-state index contributed by atoms with van der Waals surface area (Å²) in [5.41, 5.74) is 15.6. The van der Waals surface area contributed by atoms with Crippen molar-refractivity contribution in [1.29, 1.82) is 0 Å². The topological polar surface area (TPSA) is 162 Å². The van der Waals surface area contributed by atoms with Gasteiger partial charge in [-0.3, -0.25) is 14.6 Å². The Morgan fingerprint density at radius 3 is 2.63 bits per heavy atom. The summed E-state index contributed by atoms with van der Waals surface area (Å²) < 4.78 is 0. The molecule has 2 aromatic carbocycles. The molecular weight excluding hydrogens is 578 g/mol. The molecule has 1 aliphatic rings. The van der Waals surface area contributed by atoms with Gasteiger partial charge in [0, 0.05) is 74.1 Å². The molecule has 1 aliphatic heterocycles. The summed E-state index contributed by atoms with van der Waals surface area (Å²) in [5.74, 6) is 0.126. The van der Waals surface area contributed by atoms with Crippen LogP contribution < -0.4 is 16.8 Å².